The number of rotatable bonds is 2. The standard InChI is InChI=1S/C11H15N3/c1-2-8(12)10-6-7-4-3-5-9(13)11(7)14-10/h3-6,8,14H,2,12-13H2,1H3. The molecule has 1 heterocycles. The van der Waals surface area contributed by atoms with Crippen LogP contribution in [0.25, 0.3) is 10.9 Å². The minimum absolute atomic E-state index is 0.0711. The Labute approximate surface area is 83.1 Å². The van der Waals surface area contributed by atoms with Crippen LogP contribution in [0, 0.1) is 0 Å². The number of anilines is 1. The van der Waals surface area contributed by atoms with Crippen molar-refractivity contribution in [1.29, 1.82) is 0 Å². The van der Waals surface area contributed by atoms with Crippen LogP contribution in [0.4, 0.5) is 5.69 Å². The largest absolute Gasteiger partial charge is 0.397 e. The number of hydrogen-bond donors (Lipinski definition) is 3. The van der Waals surface area contributed by atoms with Gasteiger partial charge in [-0.3, -0.25) is 0 Å². The van der Waals surface area contributed by atoms with Crippen LogP contribution in [-0.4, -0.2) is 4.98 Å². The van der Waals surface area contributed by atoms with Gasteiger partial charge in [-0.1, -0.05) is 19.1 Å². The number of benzene rings is 1. The van der Waals surface area contributed by atoms with Gasteiger partial charge in [-0.05, 0) is 18.6 Å². The zero-order valence-corrected chi connectivity index (χ0v) is 8.25. The van der Waals surface area contributed by atoms with E-state index in [2.05, 4.69) is 18.0 Å². The van der Waals surface area contributed by atoms with Crippen molar-refractivity contribution >= 4 is 16.6 Å². The molecule has 14 heavy (non-hydrogen) atoms. The van der Waals surface area contributed by atoms with Crippen molar-refractivity contribution in [3.05, 3.63) is 30.0 Å². The van der Waals surface area contributed by atoms with E-state index in [4.69, 9.17) is 11.5 Å². The summed E-state index contributed by atoms with van der Waals surface area (Å²) < 4.78 is 0. The molecule has 1 aromatic heterocycles. The summed E-state index contributed by atoms with van der Waals surface area (Å²) in [7, 11) is 0. The van der Waals surface area contributed by atoms with E-state index in [1.54, 1.807) is 0 Å². The van der Waals surface area contributed by atoms with Crippen LogP contribution in [-0.2, 0) is 0 Å². The molecule has 0 bridgehead atoms. The number of hydrogen-bond acceptors (Lipinski definition) is 2. The molecule has 0 aliphatic heterocycles. The fourth-order valence-corrected chi connectivity index (χ4v) is 1.62. The fraction of sp³-hybridized carbons (Fsp3) is 0.273. The molecule has 3 nitrogen and oxygen atoms in total. The zero-order valence-electron chi connectivity index (χ0n) is 8.25. The highest BCUT2D eigenvalue weighted by Crippen LogP contribution is 2.24. The van der Waals surface area contributed by atoms with Gasteiger partial charge in [0.25, 0.3) is 0 Å². The Hall–Kier alpha value is -1.48. The van der Waals surface area contributed by atoms with Crippen molar-refractivity contribution in [3.8, 4) is 0 Å². The summed E-state index contributed by atoms with van der Waals surface area (Å²) in [6.45, 7) is 2.07. The third-order valence-electron chi connectivity index (χ3n) is 2.55. The summed E-state index contributed by atoms with van der Waals surface area (Å²) in [5.41, 5.74) is 14.6. The number of H-pyrrole nitrogens is 1. The van der Waals surface area contributed by atoms with Gasteiger partial charge in [0.15, 0.2) is 0 Å². The number of nitrogens with one attached hydrogen (secondary N) is 1. The van der Waals surface area contributed by atoms with Crippen LogP contribution in [0.3, 0.4) is 0 Å². The molecule has 1 unspecified atom stereocenters. The van der Waals surface area contributed by atoms with E-state index in [9.17, 15) is 0 Å². The molecule has 0 radical (unpaired) electrons. The lowest BCUT2D eigenvalue weighted by Gasteiger charge is -2.04. The maximum Gasteiger partial charge on any atom is 0.0690 e. The van der Waals surface area contributed by atoms with Crippen molar-refractivity contribution in [3.63, 3.8) is 0 Å². The van der Waals surface area contributed by atoms with Crippen LogP contribution in [0.5, 0.6) is 0 Å². The fourth-order valence-electron chi connectivity index (χ4n) is 1.62. The summed E-state index contributed by atoms with van der Waals surface area (Å²) in [4.78, 5) is 3.26. The quantitative estimate of drug-likeness (QED) is 0.634. The number of nitrogen functional groups attached to an aromatic ring is 1. The number of nitrogens with two attached hydrogens (primary N) is 2. The predicted octanol–water partition coefficient (Wildman–Crippen LogP) is 2.16. The smallest absolute Gasteiger partial charge is 0.0690 e. The van der Waals surface area contributed by atoms with Crippen molar-refractivity contribution in [2.24, 2.45) is 5.73 Å². The molecule has 0 saturated carbocycles. The Bertz CT molecular complexity index is 445. The Balaban J connectivity index is 2.56. The highest BCUT2D eigenvalue weighted by atomic mass is 14.8. The first-order chi connectivity index (χ1) is 6.72. The normalized spacial score (nSPS) is 13.3. The second-order valence-electron chi connectivity index (χ2n) is 3.55. The number of para-hydroxylation sites is 1. The van der Waals surface area contributed by atoms with Crippen LogP contribution >= 0.6 is 0 Å². The average Bonchev–Trinajstić information content (AvgIpc) is 2.62. The summed E-state index contributed by atoms with van der Waals surface area (Å²) >= 11 is 0. The van der Waals surface area contributed by atoms with Crippen molar-refractivity contribution in [1.82, 2.24) is 4.98 Å². The van der Waals surface area contributed by atoms with Crippen molar-refractivity contribution < 1.29 is 0 Å². The highest BCUT2D eigenvalue weighted by Gasteiger charge is 2.08. The maximum absolute atomic E-state index is 5.94. The summed E-state index contributed by atoms with van der Waals surface area (Å²) in [5, 5.41) is 1.13. The Morgan fingerprint density at radius 1 is 1.43 bits per heavy atom. The minimum atomic E-state index is 0.0711. The Kier molecular flexibility index (Phi) is 2.17. The molecule has 0 saturated heterocycles. The maximum atomic E-state index is 5.94. The SMILES string of the molecule is CCC(N)c1cc2cccc(N)c2[nH]1. The predicted molar refractivity (Wildman–Crippen MR) is 59.9 cm³/mol. The van der Waals surface area contributed by atoms with E-state index in [1.807, 2.05) is 18.2 Å². The Morgan fingerprint density at radius 3 is 2.86 bits per heavy atom. The molecule has 0 aliphatic rings. The Morgan fingerprint density at radius 2 is 2.21 bits per heavy atom. The van der Waals surface area contributed by atoms with Gasteiger partial charge >= 0.3 is 0 Å². The van der Waals surface area contributed by atoms with Gasteiger partial charge in [0.05, 0.1) is 11.2 Å². The molecular formula is C11H15N3. The van der Waals surface area contributed by atoms with Crippen LogP contribution in [0.2, 0.25) is 0 Å². The first-order valence-electron chi connectivity index (χ1n) is 4.85. The molecule has 0 fully saturated rings. The van der Waals surface area contributed by atoms with Gasteiger partial charge in [-0.25, -0.2) is 0 Å². The van der Waals surface area contributed by atoms with Crippen LogP contribution in [0.1, 0.15) is 25.1 Å². The molecule has 5 N–H and O–H groups in total. The van der Waals surface area contributed by atoms with E-state index in [-0.39, 0.29) is 6.04 Å². The van der Waals surface area contributed by atoms with E-state index in [0.29, 0.717) is 0 Å². The highest BCUT2D eigenvalue weighted by molar-refractivity contribution is 5.90. The molecule has 0 spiro atoms. The summed E-state index contributed by atoms with van der Waals surface area (Å²) in [6, 6.07) is 8.02. The van der Waals surface area contributed by atoms with E-state index >= 15 is 0 Å². The second-order valence-corrected chi connectivity index (χ2v) is 3.55. The lowest BCUT2D eigenvalue weighted by molar-refractivity contribution is 0.682. The molecule has 0 amide bonds. The van der Waals surface area contributed by atoms with Crippen molar-refractivity contribution in [2.75, 3.05) is 5.73 Å². The summed E-state index contributed by atoms with van der Waals surface area (Å²) in [5.74, 6) is 0. The van der Waals surface area contributed by atoms with E-state index in [1.165, 1.54) is 0 Å². The first kappa shape index (κ1) is 9.09. The lowest BCUT2D eigenvalue weighted by atomic mass is 10.1. The third kappa shape index (κ3) is 1.36. The molecule has 2 aromatic rings. The first-order valence-corrected chi connectivity index (χ1v) is 4.85. The van der Waals surface area contributed by atoms with Gasteiger partial charge in [-0.15, -0.1) is 0 Å². The van der Waals surface area contributed by atoms with E-state index in [0.717, 1.165) is 28.7 Å². The number of aromatic nitrogens is 1. The van der Waals surface area contributed by atoms with Gasteiger partial charge in [0.2, 0.25) is 0 Å². The van der Waals surface area contributed by atoms with Crippen LogP contribution < -0.4 is 11.5 Å². The van der Waals surface area contributed by atoms with Gasteiger partial charge in [-0.2, -0.15) is 0 Å². The minimum Gasteiger partial charge on any atom is -0.397 e. The van der Waals surface area contributed by atoms with Gasteiger partial charge < -0.3 is 16.5 Å². The molecule has 0 aliphatic carbocycles. The van der Waals surface area contributed by atoms with Gasteiger partial charge in [0.1, 0.15) is 0 Å². The molecular weight excluding hydrogens is 174 g/mol. The topological polar surface area (TPSA) is 67.8 Å². The molecule has 2 rings (SSSR count). The molecule has 3 heteroatoms. The molecule has 1 aromatic carbocycles. The lowest BCUT2D eigenvalue weighted by Crippen LogP contribution is -2.08. The van der Waals surface area contributed by atoms with Gasteiger partial charge in [0, 0.05) is 17.1 Å². The molecule has 1 atom stereocenters. The van der Waals surface area contributed by atoms with Crippen molar-refractivity contribution in [2.45, 2.75) is 19.4 Å². The third-order valence-corrected chi connectivity index (χ3v) is 2.55. The monoisotopic (exact) mass is 189 g/mol. The van der Waals surface area contributed by atoms with E-state index < -0.39 is 0 Å². The van der Waals surface area contributed by atoms with Crippen LogP contribution in [0.15, 0.2) is 24.3 Å². The molecule has 74 valence electrons. The summed E-state index contributed by atoms with van der Waals surface area (Å²) in [6.07, 6.45) is 0.923. The number of fused-ring (bicyclic) bond motifs is 1. The number of aromatic amines is 1. The second kappa shape index (κ2) is 3.35. The zero-order chi connectivity index (χ0) is 10.1. The average molecular weight is 189 g/mol.